The molecular formula is C27H28N4O3S. The predicted molar refractivity (Wildman–Crippen MR) is 138 cm³/mol. The van der Waals surface area contributed by atoms with Gasteiger partial charge in [0.15, 0.2) is 0 Å². The summed E-state index contributed by atoms with van der Waals surface area (Å²) in [6, 6.07) is 9.40. The molecule has 0 unspecified atom stereocenters. The standard InChI is InChI=1S/C27H28N4O3S/c1-15(2)34-27(33)24-18-10-6-8-12-23(18)35-26(24)29-25(32)19-13-22(20-14-31(4)30-16(20)3)28-21-11-7-5-9-17(19)21/h5,7,9,11,13-15H,6,8,10,12H2,1-4H3,(H,29,32). The third-order valence-electron chi connectivity index (χ3n) is 6.20. The van der Waals surface area contributed by atoms with Gasteiger partial charge in [0.1, 0.15) is 5.00 Å². The second-order valence-corrected chi connectivity index (χ2v) is 10.3. The van der Waals surface area contributed by atoms with E-state index in [0.717, 1.165) is 58.3 Å². The minimum absolute atomic E-state index is 0.236. The first-order chi connectivity index (χ1) is 16.8. The Bertz CT molecular complexity index is 1450. The molecule has 1 aromatic carbocycles. The van der Waals surface area contributed by atoms with Gasteiger partial charge < -0.3 is 10.1 Å². The van der Waals surface area contributed by atoms with E-state index in [9.17, 15) is 9.59 Å². The highest BCUT2D eigenvalue weighted by Gasteiger charge is 2.28. The highest BCUT2D eigenvalue weighted by molar-refractivity contribution is 7.17. The number of fused-ring (bicyclic) bond motifs is 2. The third-order valence-corrected chi connectivity index (χ3v) is 7.40. The second kappa shape index (κ2) is 9.26. The Labute approximate surface area is 208 Å². The number of benzene rings is 1. The maximum Gasteiger partial charge on any atom is 0.341 e. The molecule has 0 radical (unpaired) electrons. The van der Waals surface area contributed by atoms with Crippen LogP contribution in [-0.2, 0) is 24.6 Å². The van der Waals surface area contributed by atoms with E-state index in [1.165, 1.54) is 11.3 Å². The lowest BCUT2D eigenvalue weighted by molar-refractivity contribution is 0.0378. The Kier molecular flexibility index (Phi) is 6.15. The summed E-state index contributed by atoms with van der Waals surface area (Å²) in [4.78, 5) is 32.7. The Morgan fingerprint density at radius 3 is 2.69 bits per heavy atom. The number of carbonyl (C=O) groups is 2. The second-order valence-electron chi connectivity index (χ2n) is 9.20. The number of thiophene rings is 1. The lowest BCUT2D eigenvalue weighted by atomic mass is 9.95. The number of carbonyl (C=O) groups excluding carboxylic acids is 2. The number of amides is 1. The van der Waals surface area contributed by atoms with E-state index in [-0.39, 0.29) is 18.0 Å². The van der Waals surface area contributed by atoms with E-state index < -0.39 is 0 Å². The minimum Gasteiger partial charge on any atom is -0.459 e. The predicted octanol–water partition coefficient (Wildman–Crippen LogP) is 5.70. The molecule has 8 heteroatoms. The van der Waals surface area contributed by atoms with Gasteiger partial charge >= 0.3 is 5.97 Å². The summed E-state index contributed by atoms with van der Waals surface area (Å²) in [5, 5.41) is 8.80. The number of anilines is 1. The van der Waals surface area contributed by atoms with Gasteiger partial charge in [-0.1, -0.05) is 18.2 Å². The van der Waals surface area contributed by atoms with Gasteiger partial charge in [-0.15, -0.1) is 11.3 Å². The summed E-state index contributed by atoms with van der Waals surface area (Å²) in [7, 11) is 1.86. The molecule has 0 saturated carbocycles. The fraction of sp³-hybridized carbons (Fsp3) is 0.333. The van der Waals surface area contributed by atoms with Crippen molar-refractivity contribution in [2.45, 2.75) is 52.6 Å². The van der Waals surface area contributed by atoms with Gasteiger partial charge in [0.2, 0.25) is 0 Å². The van der Waals surface area contributed by atoms with Crippen LogP contribution in [0.15, 0.2) is 36.5 Å². The Morgan fingerprint density at radius 1 is 1.17 bits per heavy atom. The largest absolute Gasteiger partial charge is 0.459 e. The van der Waals surface area contributed by atoms with Crippen molar-refractivity contribution >= 4 is 39.1 Å². The smallest absolute Gasteiger partial charge is 0.341 e. The van der Waals surface area contributed by atoms with Crippen molar-refractivity contribution in [3.63, 3.8) is 0 Å². The monoisotopic (exact) mass is 488 g/mol. The molecule has 5 rings (SSSR count). The summed E-state index contributed by atoms with van der Waals surface area (Å²) in [6.45, 7) is 5.59. The molecule has 0 fully saturated rings. The zero-order valence-electron chi connectivity index (χ0n) is 20.3. The molecule has 4 aromatic rings. The van der Waals surface area contributed by atoms with Crippen LogP contribution in [0.1, 0.15) is 63.5 Å². The number of rotatable bonds is 5. The fourth-order valence-electron chi connectivity index (χ4n) is 4.67. The molecule has 0 atom stereocenters. The average molecular weight is 489 g/mol. The van der Waals surface area contributed by atoms with Crippen LogP contribution in [0.5, 0.6) is 0 Å². The van der Waals surface area contributed by atoms with Gasteiger partial charge in [0.25, 0.3) is 5.91 Å². The molecule has 3 heterocycles. The summed E-state index contributed by atoms with van der Waals surface area (Å²) >= 11 is 1.49. The molecule has 1 amide bonds. The lowest BCUT2D eigenvalue weighted by Gasteiger charge is -2.14. The van der Waals surface area contributed by atoms with Crippen molar-refractivity contribution in [3.8, 4) is 11.3 Å². The van der Waals surface area contributed by atoms with Crippen LogP contribution < -0.4 is 5.32 Å². The molecule has 0 bridgehead atoms. The zero-order chi connectivity index (χ0) is 24.7. The lowest BCUT2D eigenvalue weighted by Crippen LogP contribution is -2.18. The number of para-hydroxylation sites is 1. The number of hydrogen-bond acceptors (Lipinski definition) is 6. The number of hydrogen-bond donors (Lipinski definition) is 1. The van der Waals surface area contributed by atoms with Gasteiger partial charge in [0.05, 0.1) is 34.1 Å². The topological polar surface area (TPSA) is 86.1 Å². The van der Waals surface area contributed by atoms with Gasteiger partial charge in [0, 0.05) is 29.1 Å². The summed E-state index contributed by atoms with van der Waals surface area (Å²) in [5.41, 5.74) is 5.16. The number of esters is 1. The van der Waals surface area contributed by atoms with Crippen molar-refractivity contribution in [1.29, 1.82) is 0 Å². The van der Waals surface area contributed by atoms with E-state index in [2.05, 4.69) is 10.4 Å². The highest BCUT2D eigenvalue weighted by Crippen LogP contribution is 2.39. The van der Waals surface area contributed by atoms with Gasteiger partial charge in [-0.25, -0.2) is 9.78 Å². The number of nitrogens with zero attached hydrogens (tertiary/aromatic N) is 3. The first kappa shape index (κ1) is 23.2. The van der Waals surface area contributed by atoms with Crippen LogP contribution in [0.3, 0.4) is 0 Å². The van der Waals surface area contributed by atoms with Crippen LogP contribution in [-0.4, -0.2) is 32.7 Å². The van der Waals surface area contributed by atoms with Crippen molar-refractivity contribution < 1.29 is 14.3 Å². The first-order valence-corrected chi connectivity index (χ1v) is 12.7. The van der Waals surface area contributed by atoms with Crippen LogP contribution >= 0.6 is 11.3 Å². The van der Waals surface area contributed by atoms with Gasteiger partial charge in [-0.2, -0.15) is 5.10 Å². The molecule has 1 aliphatic rings. The van der Waals surface area contributed by atoms with Crippen LogP contribution in [0.25, 0.3) is 22.2 Å². The summed E-state index contributed by atoms with van der Waals surface area (Å²) in [5.74, 6) is -0.649. The van der Waals surface area contributed by atoms with Crippen LogP contribution in [0.2, 0.25) is 0 Å². The molecule has 1 N–H and O–H groups in total. The van der Waals surface area contributed by atoms with Crippen molar-refractivity contribution in [1.82, 2.24) is 14.8 Å². The minimum atomic E-state index is -0.374. The average Bonchev–Trinajstić information content (AvgIpc) is 3.36. The van der Waals surface area contributed by atoms with Gasteiger partial charge in [-0.3, -0.25) is 9.48 Å². The highest BCUT2D eigenvalue weighted by atomic mass is 32.1. The summed E-state index contributed by atoms with van der Waals surface area (Å²) in [6.07, 6.45) is 5.53. The fourth-order valence-corrected chi connectivity index (χ4v) is 5.94. The molecule has 0 aliphatic heterocycles. The maximum absolute atomic E-state index is 13.7. The van der Waals surface area contributed by atoms with E-state index in [4.69, 9.17) is 9.72 Å². The van der Waals surface area contributed by atoms with Crippen LogP contribution in [0, 0.1) is 6.92 Å². The van der Waals surface area contributed by atoms with E-state index in [1.807, 2.05) is 58.3 Å². The van der Waals surface area contributed by atoms with Crippen molar-refractivity contribution in [2.24, 2.45) is 7.05 Å². The number of pyridine rings is 1. The molecule has 0 saturated heterocycles. The number of aryl methyl sites for hydroxylation is 3. The molecular weight excluding hydrogens is 460 g/mol. The molecule has 3 aromatic heterocycles. The summed E-state index contributed by atoms with van der Waals surface area (Å²) < 4.78 is 7.29. The van der Waals surface area contributed by atoms with Crippen molar-refractivity contribution in [3.05, 3.63) is 63.8 Å². The third kappa shape index (κ3) is 4.46. The SMILES string of the molecule is Cc1nn(C)cc1-c1cc(C(=O)Nc2sc3c(c2C(=O)OC(C)C)CCCC3)c2ccccc2n1. The number of ether oxygens (including phenoxy) is 1. The van der Waals surface area contributed by atoms with Crippen molar-refractivity contribution in [2.75, 3.05) is 5.32 Å². The number of aromatic nitrogens is 3. The van der Waals surface area contributed by atoms with Gasteiger partial charge in [-0.05, 0) is 64.2 Å². The zero-order valence-corrected chi connectivity index (χ0v) is 21.2. The van der Waals surface area contributed by atoms with E-state index in [0.29, 0.717) is 21.8 Å². The molecule has 0 spiro atoms. The first-order valence-electron chi connectivity index (χ1n) is 11.9. The quantitative estimate of drug-likeness (QED) is 0.364. The molecule has 35 heavy (non-hydrogen) atoms. The van der Waals surface area contributed by atoms with Crippen LogP contribution in [0.4, 0.5) is 5.00 Å². The normalized spacial score (nSPS) is 13.2. The van der Waals surface area contributed by atoms with E-state index >= 15 is 0 Å². The Morgan fingerprint density at radius 2 is 1.94 bits per heavy atom. The van der Waals surface area contributed by atoms with E-state index in [1.54, 1.807) is 10.7 Å². The number of nitrogens with one attached hydrogen (secondary N) is 1. The molecule has 7 nitrogen and oxygen atoms in total. The maximum atomic E-state index is 13.7. The Hall–Kier alpha value is -3.52. The molecule has 180 valence electrons. The molecule has 1 aliphatic carbocycles. The Balaban J connectivity index is 1.58.